The number of carbonyl (C=O) groups is 3. The van der Waals surface area contributed by atoms with Crippen LogP contribution in [-0.2, 0) is 20.9 Å². The summed E-state index contributed by atoms with van der Waals surface area (Å²) >= 11 is 0. The summed E-state index contributed by atoms with van der Waals surface area (Å²) in [7, 11) is 0. The molecular formula is C14H16N2O5. The van der Waals surface area contributed by atoms with Crippen molar-refractivity contribution in [2.24, 2.45) is 0 Å². The third-order valence-corrected chi connectivity index (χ3v) is 3.13. The van der Waals surface area contributed by atoms with Crippen molar-refractivity contribution in [2.45, 2.75) is 25.6 Å². The number of rotatable bonds is 5. The lowest BCUT2D eigenvalue weighted by atomic mass is 10.2. The standard InChI is InChI=1S/C14H16N2O5/c17-12-7-6-11(16(12)8-13(18)19)15-14(20)21-9-10-4-2-1-3-5-10/h1-5,11H,6-9H2,(H,15,20)(H,18,19)/t11-/m1/s1. The van der Waals surface area contributed by atoms with Crippen LogP contribution in [0.3, 0.4) is 0 Å². The largest absolute Gasteiger partial charge is 0.480 e. The van der Waals surface area contributed by atoms with Gasteiger partial charge in [0.2, 0.25) is 5.91 Å². The van der Waals surface area contributed by atoms with Crippen LogP contribution in [0.1, 0.15) is 18.4 Å². The fraction of sp³-hybridized carbons (Fsp3) is 0.357. The number of likely N-dealkylation sites (tertiary alicyclic amines) is 1. The molecule has 0 bridgehead atoms. The van der Waals surface area contributed by atoms with E-state index < -0.39 is 24.8 Å². The lowest BCUT2D eigenvalue weighted by Gasteiger charge is -2.23. The van der Waals surface area contributed by atoms with Gasteiger partial charge in [-0.2, -0.15) is 0 Å². The lowest BCUT2D eigenvalue weighted by Crippen LogP contribution is -2.47. The Morgan fingerprint density at radius 1 is 1.33 bits per heavy atom. The number of hydrogen-bond acceptors (Lipinski definition) is 4. The van der Waals surface area contributed by atoms with E-state index in [2.05, 4.69) is 5.32 Å². The zero-order valence-electron chi connectivity index (χ0n) is 11.3. The first kappa shape index (κ1) is 14.8. The number of alkyl carbamates (subject to hydrolysis) is 1. The van der Waals surface area contributed by atoms with Gasteiger partial charge in [0.25, 0.3) is 0 Å². The molecule has 21 heavy (non-hydrogen) atoms. The van der Waals surface area contributed by atoms with Crippen molar-refractivity contribution in [1.82, 2.24) is 10.2 Å². The van der Waals surface area contributed by atoms with E-state index in [-0.39, 0.29) is 18.9 Å². The summed E-state index contributed by atoms with van der Waals surface area (Å²) in [6.07, 6.45) is -0.700. The Morgan fingerprint density at radius 3 is 2.71 bits per heavy atom. The number of ether oxygens (including phenoxy) is 1. The zero-order chi connectivity index (χ0) is 15.2. The van der Waals surface area contributed by atoms with E-state index in [1.807, 2.05) is 30.3 Å². The van der Waals surface area contributed by atoms with E-state index >= 15 is 0 Å². The quantitative estimate of drug-likeness (QED) is 0.842. The Bertz CT molecular complexity index is 531. The molecule has 0 aromatic heterocycles. The Labute approximate surface area is 121 Å². The third kappa shape index (κ3) is 4.20. The molecule has 1 fully saturated rings. The Balaban J connectivity index is 1.84. The number of nitrogens with one attached hydrogen (secondary N) is 1. The van der Waals surface area contributed by atoms with Gasteiger partial charge in [0.05, 0.1) is 0 Å². The van der Waals surface area contributed by atoms with Crippen LogP contribution in [0.15, 0.2) is 30.3 Å². The summed E-state index contributed by atoms with van der Waals surface area (Å²) in [5.41, 5.74) is 0.845. The molecule has 112 valence electrons. The van der Waals surface area contributed by atoms with Crippen LogP contribution in [0.2, 0.25) is 0 Å². The number of nitrogens with zero attached hydrogens (tertiary/aromatic N) is 1. The number of aliphatic carboxylic acids is 1. The predicted molar refractivity (Wildman–Crippen MR) is 72.1 cm³/mol. The molecule has 0 saturated carbocycles. The highest BCUT2D eigenvalue weighted by molar-refractivity contribution is 5.84. The molecule has 7 nitrogen and oxygen atoms in total. The summed E-state index contributed by atoms with van der Waals surface area (Å²) < 4.78 is 5.04. The van der Waals surface area contributed by atoms with Crippen molar-refractivity contribution in [3.8, 4) is 0 Å². The lowest BCUT2D eigenvalue weighted by molar-refractivity contribution is -0.144. The average molecular weight is 292 g/mol. The summed E-state index contributed by atoms with van der Waals surface area (Å²) in [6.45, 7) is -0.311. The van der Waals surface area contributed by atoms with Crippen LogP contribution in [0.25, 0.3) is 0 Å². The molecule has 1 aromatic carbocycles. The predicted octanol–water partition coefficient (Wildman–Crippen LogP) is 0.946. The van der Waals surface area contributed by atoms with Crippen molar-refractivity contribution in [3.05, 3.63) is 35.9 Å². The number of benzene rings is 1. The smallest absolute Gasteiger partial charge is 0.409 e. The first-order chi connectivity index (χ1) is 10.1. The van der Waals surface area contributed by atoms with Crippen LogP contribution in [-0.4, -0.2) is 40.7 Å². The van der Waals surface area contributed by atoms with E-state index in [1.54, 1.807) is 0 Å². The number of carboxylic acid groups (broad SMARTS) is 1. The van der Waals surface area contributed by atoms with Gasteiger partial charge in [-0.1, -0.05) is 30.3 Å². The highest BCUT2D eigenvalue weighted by Gasteiger charge is 2.33. The van der Waals surface area contributed by atoms with Crippen LogP contribution < -0.4 is 5.32 Å². The van der Waals surface area contributed by atoms with Crippen molar-refractivity contribution in [3.63, 3.8) is 0 Å². The molecular weight excluding hydrogens is 276 g/mol. The molecule has 2 rings (SSSR count). The molecule has 1 aliphatic heterocycles. The van der Waals surface area contributed by atoms with Crippen molar-refractivity contribution >= 4 is 18.0 Å². The van der Waals surface area contributed by atoms with Gasteiger partial charge in [-0.25, -0.2) is 4.79 Å². The second kappa shape index (κ2) is 6.74. The number of carbonyl (C=O) groups excluding carboxylic acids is 2. The number of amides is 2. The van der Waals surface area contributed by atoms with Gasteiger partial charge in [-0.3, -0.25) is 9.59 Å². The topological polar surface area (TPSA) is 95.9 Å². The minimum atomic E-state index is -1.12. The maximum atomic E-state index is 11.7. The van der Waals surface area contributed by atoms with E-state index in [1.165, 1.54) is 0 Å². The Hall–Kier alpha value is -2.57. The SMILES string of the molecule is O=C(O)CN1C(=O)CC[C@@H]1NC(=O)OCc1ccccc1. The summed E-state index contributed by atoms with van der Waals surface area (Å²) in [4.78, 5) is 35.1. The number of hydrogen-bond donors (Lipinski definition) is 2. The highest BCUT2D eigenvalue weighted by atomic mass is 16.5. The molecule has 0 aliphatic carbocycles. The second-order valence-corrected chi connectivity index (χ2v) is 4.68. The fourth-order valence-corrected chi connectivity index (χ4v) is 2.13. The average Bonchev–Trinajstić information content (AvgIpc) is 2.79. The van der Waals surface area contributed by atoms with Crippen molar-refractivity contribution in [1.29, 1.82) is 0 Å². The molecule has 2 N–H and O–H groups in total. The fourth-order valence-electron chi connectivity index (χ4n) is 2.13. The Kier molecular flexibility index (Phi) is 4.76. The maximum absolute atomic E-state index is 11.7. The van der Waals surface area contributed by atoms with Gasteiger partial charge in [-0.15, -0.1) is 0 Å². The zero-order valence-corrected chi connectivity index (χ0v) is 11.3. The van der Waals surface area contributed by atoms with Crippen LogP contribution in [0.4, 0.5) is 4.79 Å². The van der Waals surface area contributed by atoms with Crippen LogP contribution >= 0.6 is 0 Å². The minimum absolute atomic E-state index is 0.117. The van der Waals surface area contributed by atoms with Gasteiger partial charge in [0.1, 0.15) is 19.3 Å². The Morgan fingerprint density at radius 2 is 2.05 bits per heavy atom. The van der Waals surface area contributed by atoms with Crippen molar-refractivity contribution < 1.29 is 24.2 Å². The maximum Gasteiger partial charge on any atom is 0.409 e. The molecule has 1 heterocycles. The molecule has 0 radical (unpaired) electrons. The van der Waals surface area contributed by atoms with E-state index in [0.29, 0.717) is 6.42 Å². The monoisotopic (exact) mass is 292 g/mol. The molecule has 1 aromatic rings. The number of carboxylic acids is 1. The molecule has 0 spiro atoms. The van der Waals surface area contributed by atoms with Crippen LogP contribution in [0, 0.1) is 0 Å². The third-order valence-electron chi connectivity index (χ3n) is 3.13. The van der Waals surface area contributed by atoms with Crippen LogP contribution in [0.5, 0.6) is 0 Å². The van der Waals surface area contributed by atoms with Gasteiger partial charge in [0, 0.05) is 6.42 Å². The molecule has 0 unspecified atom stereocenters. The van der Waals surface area contributed by atoms with Crippen molar-refractivity contribution in [2.75, 3.05) is 6.54 Å². The van der Waals surface area contributed by atoms with Gasteiger partial charge >= 0.3 is 12.1 Å². The summed E-state index contributed by atoms with van der Waals surface area (Å²) in [5.74, 6) is -1.40. The van der Waals surface area contributed by atoms with Gasteiger partial charge < -0.3 is 20.1 Å². The molecule has 1 saturated heterocycles. The second-order valence-electron chi connectivity index (χ2n) is 4.68. The first-order valence-corrected chi connectivity index (χ1v) is 6.55. The molecule has 7 heteroatoms. The minimum Gasteiger partial charge on any atom is -0.480 e. The van der Waals surface area contributed by atoms with E-state index in [9.17, 15) is 14.4 Å². The molecule has 1 atom stereocenters. The molecule has 2 amide bonds. The summed E-state index contributed by atoms with van der Waals surface area (Å²) in [5, 5.41) is 11.3. The van der Waals surface area contributed by atoms with Gasteiger partial charge in [0.15, 0.2) is 0 Å². The van der Waals surface area contributed by atoms with E-state index in [0.717, 1.165) is 10.5 Å². The molecule has 1 aliphatic rings. The van der Waals surface area contributed by atoms with E-state index in [4.69, 9.17) is 9.84 Å². The van der Waals surface area contributed by atoms with Gasteiger partial charge in [-0.05, 0) is 12.0 Å². The first-order valence-electron chi connectivity index (χ1n) is 6.55. The highest BCUT2D eigenvalue weighted by Crippen LogP contribution is 2.16. The summed E-state index contributed by atoms with van der Waals surface area (Å²) in [6, 6.07) is 9.17. The normalized spacial score (nSPS) is 17.6.